The zero-order chi connectivity index (χ0) is 23.1. The van der Waals surface area contributed by atoms with E-state index in [9.17, 15) is 9.59 Å². The molecule has 2 N–H and O–H groups in total. The van der Waals surface area contributed by atoms with E-state index in [0.717, 1.165) is 26.9 Å². The Kier molecular flexibility index (Phi) is 5.14. The van der Waals surface area contributed by atoms with E-state index in [4.69, 9.17) is 10.5 Å². The molecule has 164 valence electrons. The lowest BCUT2D eigenvalue weighted by Gasteiger charge is -2.29. The van der Waals surface area contributed by atoms with Crippen LogP contribution in [0.2, 0.25) is 0 Å². The highest BCUT2D eigenvalue weighted by Crippen LogP contribution is 2.43. The number of amides is 1. The Labute approximate surface area is 194 Å². The van der Waals surface area contributed by atoms with Crippen molar-refractivity contribution >= 4 is 51.4 Å². The number of aromatic nitrogens is 1. The predicted molar refractivity (Wildman–Crippen MR) is 130 cm³/mol. The normalized spacial score (nSPS) is 12.6. The largest absolute Gasteiger partial charge is 0.496 e. The van der Waals surface area contributed by atoms with Gasteiger partial charge in [-0.1, -0.05) is 24.3 Å². The molecular formula is C25H20N4O3S. The molecule has 8 heteroatoms. The summed E-state index contributed by atoms with van der Waals surface area (Å²) in [5.74, 6) is -0.205. The van der Waals surface area contributed by atoms with E-state index in [1.807, 2.05) is 30.0 Å². The number of carbonyl (C=O) groups is 2. The summed E-state index contributed by atoms with van der Waals surface area (Å²) < 4.78 is 5.43. The van der Waals surface area contributed by atoms with Gasteiger partial charge in [-0.05, 0) is 24.6 Å². The van der Waals surface area contributed by atoms with E-state index < -0.39 is 5.91 Å². The van der Waals surface area contributed by atoms with E-state index in [-0.39, 0.29) is 5.78 Å². The van der Waals surface area contributed by atoms with E-state index in [1.165, 1.54) is 18.4 Å². The first-order chi connectivity index (χ1) is 16.0. The molecule has 0 bridgehead atoms. The molecule has 0 saturated carbocycles. The number of hydrogen-bond acceptors (Lipinski definition) is 7. The first-order valence-electron chi connectivity index (χ1n) is 10.2. The molecule has 7 nitrogen and oxygen atoms in total. The Morgan fingerprint density at radius 2 is 1.88 bits per heavy atom. The number of para-hydroxylation sites is 1. The van der Waals surface area contributed by atoms with Gasteiger partial charge in [0.25, 0.3) is 5.91 Å². The maximum absolute atomic E-state index is 13.7. The Morgan fingerprint density at radius 1 is 1.06 bits per heavy atom. The highest BCUT2D eigenvalue weighted by Gasteiger charge is 2.28. The van der Waals surface area contributed by atoms with Crippen molar-refractivity contribution in [3.05, 3.63) is 81.3 Å². The zero-order valence-electron chi connectivity index (χ0n) is 18.0. The lowest BCUT2D eigenvalue weighted by Crippen LogP contribution is -2.25. The highest BCUT2D eigenvalue weighted by atomic mass is 32.1. The molecule has 1 aliphatic heterocycles. The van der Waals surface area contributed by atoms with Gasteiger partial charge in [0.2, 0.25) is 0 Å². The summed E-state index contributed by atoms with van der Waals surface area (Å²) in [6.07, 6.45) is 5.07. The number of aliphatic imine (C=N–C) groups is 1. The van der Waals surface area contributed by atoms with Crippen LogP contribution in [0.1, 0.15) is 36.7 Å². The van der Waals surface area contributed by atoms with Gasteiger partial charge < -0.3 is 15.4 Å². The number of ketones is 1. The van der Waals surface area contributed by atoms with Crippen molar-refractivity contribution in [1.29, 1.82) is 0 Å². The van der Waals surface area contributed by atoms with E-state index >= 15 is 0 Å². The van der Waals surface area contributed by atoms with Gasteiger partial charge in [-0.15, -0.1) is 11.3 Å². The minimum absolute atomic E-state index is 0.196. The smallest absolute Gasteiger partial charge is 0.251 e. The number of aryl methyl sites for hydroxylation is 1. The van der Waals surface area contributed by atoms with Gasteiger partial charge in [-0.2, -0.15) is 0 Å². The molecule has 0 radical (unpaired) electrons. The van der Waals surface area contributed by atoms with Crippen LogP contribution in [0.15, 0.2) is 59.2 Å². The summed E-state index contributed by atoms with van der Waals surface area (Å²) in [6, 6.07) is 11.0. The molecule has 0 fully saturated rings. The minimum Gasteiger partial charge on any atom is -0.496 e. The van der Waals surface area contributed by atoms with Crippen LogP contribution in [0.3, 0.4) is 0 Å². The third-order valence-corrected chi connectivity index (χ3v) is 6.63. The highest BCUT2D eigenvalue weighted by molar-refractivity contribution is 7.12. The molecule has 5 rings (SSSR count). The van der Waals surface area contributed by atoms with Crippen molar-refractivity contribution in [2.45, 2.75) is 6.92 Å². The fourth-order valence-corrected chi connectivity index (χ4v) is 5.17. The molecule has 4 aromatic rings. The van der Waals surface area contributed by atoms with Crippen molar-refractivity contribution in [1.82, 2.24) is 4.98 Å². The number of carbonyl (C=O) groups excluding carboxylic acids is 2. The van der Waals surface area contributed by atoms with Crippen molar-refractivity contribution in [3.8, 4) is 5.75 Å². The minimum atomic E-state index is -0.502. The quantitative estimate of drug-likeness (QED) is 0.447. The summed E-state index contributed by atoms with van der Waals surface area (Å²) in [5, 5.41) is 3.30. The molecule has 2 aromatic heterocycles. The van der Waals surface area contributed by atoms with Gasteiger partial charge in [0.1, 0.15) is 12.4 Å². The van der Waals surface area contributed by atoms with Crippen molar-refractivity contribution in [2.24, 2.45) is 10.7 Å². The van der Waals surface area contributed by atoms with Gasteiger partial charge in [-0.3, -0.25) is 19.6 Å². The van der Waals surface area contributed by atoms with Crippen LogP contribution in [0.5, 0.6) is 5.75 Å². The number of ether oxygens (including phenoxy) is 1. The summed E-state index contributed by atoms with van der Waals surface area (Å²) >= 11 is 1.41. The van der Waals surface area contributed by atoms with Crippen molar-refractivity contribution in [3.63, 3.8) is 0 Å². The van der Waals surface area contributed by atoms with E-state index in [1.54, 1.807) is 42.2 Å². The Bertz CT molecular complexity index is 1460. The lowest BCUT2D eigenvalue weighted by molar-refractivity contribution is 0.0999. The fraction of sp³-hybridized carbons (Fsp3) is 0.120. The van der Waals surface area contributed by atoms with Crippen LogP contribution in [-0.2, 0) is 0 Å². The Balaban J connectivity index is 1.79. The number of hydrogen-bond donors (Lipinski definition) is 1. The second-order valence-electron chi connectivity index (χ2n) is 7.65. The number of nitrogens with two attached hydrogens (primary N) is 1. The maximum Gasteiger partial charge on any atom is 0.251 e. The van der Waals surface area contributed by atoms with Crippen molar-refractivity contribution in [2.75, 3.05) is 18.7 Å². The Morgan fingerprint density at radius 3 is 2.67 bits per heavy atom. The van der Waals surface area contributed by atoms with Crippen LogP contribution in [0.4, 0.5) is 11.4 Å². The molecule has 1 aliphatic rings. The van der Waals surface area contributed by atoms with Crippen LogP contribution in [-0.4, -0.2) is 36.7 Å². The van der Waals surface area contributed by atoms with Gasteiger partial charge >= 0.3 is 0 Å². The second kappa shape index (κ2) is 8.14. The standard InChI is InChI=1S/C25H20N4O3S/c1-14-7-8-15-9-27-10-17(24(30)16-5-3-4-6-19(16)32-2)21(15)22(14)29-13-28-11-20-23(29)18(12-33-20)25(26)31/h3-12H,13H2,1-2H3,(H2,26,31). The number of rotatable bonds is 5. The van der Waals surface area contributed by atoms with Crippen LogP contribution in [0, 0.1) is 6.92 Å². The van der Waals surface area contributed by atoms with Gasteiger partial charge in [-0.25, -0.2) is 0 Å². The topological polar surface area (TPSA) is 97.9 Å². The number of anilines is 2. The lowest BCUT2D eigenvalue weighted by atomic mass is 9.95. The van der Waals surface area contributed by atoms with E-state index in [2.05, 4.69) is 9.98 Å². The predicted octanol–water partition coefficient (Wildman–Crippen LogP) is 4.47. The number of thiophene rings is 1. The van der Waals surface area contributed by atoms with Crippen molar-refractivity contribution < 1.29 is 14.3 Å². The fourth-order valence-electron chi connectivity index (χ4n) is 4.23. The third-order valence-electron chi connectivity index (χ3n) is 5.72. The molecule has 2 aromatic carbocycles. The molecule has 3 heterocycles. The van der Waals surface area contributed by atoms with Crippen LogP contribution >= 0.6 is 11.3 Å². The molecule has 0 aliphatic carbocycles. The molecule has 0 spiro atoms. The number of primary amides is 1. The van der Waals surface area contributed by atoms with Crippen LogP contribution in [0.25, 0.3) is 10.8 Å². The zero-order valence-corrected chi connectivity index (χ0v) is 18.8. The molecule has 0 atom stereocenters. The number of methoxy groups -OCH3 is 1. The molecule has 0 unspecified atom stereocenters. The first-order valence-corrected chi connectivity index (χ1v) is 11.1. The second-order valence-corrected chi connectivity index (χ2v) is 8.56. The van der Waals surface area contributed by atoms with Gasteiger partial charge in [0, 0.05) is 34.8 Å². The monoisotopic (exact) mass is 456 g/mol. The third kappa shape index (κ3) is 3.35. The maximum atomic E-state index is 13.7. The average Bonchev–Trinajstić information content (AvgIpc) is 3.28. The summed E-state index contributed by atoms with van der Waals surface area (Å²) in [4.78, 5) is 37.5. The first kappa shape index (κ1) is 20.8. The number of nitrogens with zero attached hydrogens (tertiary/aromatic N) is 3. The molecule has 33 heavy (non-hydrogen) atoms. The summed E-state index contributed by atoms with van der Waals surface area (Å²) in [7, 11) is 1.54. The molecular weight excluding hydrogens is 436 g/mol. The van der Waals surface area contributed by atoms with Gasteiger partial charge in [0.15, 0.2) is 5.78 Å². The van der Waals surface area contributed by atoms with Crippen LogP contribution < -0.4 is 15.4 Å². The number of fused-ring (bicyclic) bond motifs is 2. The SMILES string of the molecule is COc1ccccc1C(=O)c1cncc2ccc(C)c(N3CN=Cc4scc(C(N)=O)c43)c12. The number of benzene rings is 2. The van der Waals surface area contributed by atoms with E-state index in [0.29, 0.717) is 34.8 Å². The summed E-state index contributed by atoms with van der Waals surface area (Å²) in [6.45, 7) is 2.27. The average molecular weight is 457 g/mol. The summed E-state index contributed by atoms with van der Waals surface area (Å²) in [5.41, 5.74) is 9.46. The molecule has 1 amide bonds. The Hall–Kier alpha value is -4.04. The molecule has 0 saturated heterocycles. The number of pyridine rings is 1. The van der Waals surface area contributed by atoms with Gasteiger partial charge in [0.05, 0.1) is 40.1 Å².